The molecule has 4 nitrogen and oxygen atoms in total. The van der Waals surface area contributed by atoms with Crippen LogP contribution >= 0.6 is 0 Å². The highest BCUT2D eigenvalue weighted by molar-refractivity contribution is 5.62. The number of nitrogens with zero attached hydrogens (tertiary/aromatic N) is 3. The number of ether oxygens (including phenoxy) is 1. The predicted molar refractivity (Wildman–Crippen MR) is 84.3 cm³/mol. The Bertz CT molecular complexity index is 650. The predicted octanol–water partition coefficient (Wildman–Crippen LogP) is 3.95. The van der Waals surface area contributed by atoms with E-state index in [1.807, 2.05) is 36.7 Å². The monoisotopic (exact) mass is 293 g/mol. The molecule has 1 aromatic carbocycles. The molecule has 4 heteroatoms. The van der Waals surface area contributed by atoms with Gasteiger partial charge >= 0.3 is 0 Å². The molecule has 22 heavy (non-hydrogen) atoms. The van der Waals surface area contributed by atoms with Crippen LogP contribution in [0.3, 0.4) is 0 Å². The molecule has 1 aromatic heterocycles. The fourth-order valence-electron chi connectivity index (χ4n) is 2.96. The quantitative estimate of drug-likeness (QED) is 0.859. The topological polar surface area (TPSA) is 58.8 Å². The van der Waals surface area contributed by atoms with Crippen molar-refractivity contribution in [3.63, 3.8) is 0 Å². The first-order valence-electron chi connectivity index (χ1n) is 7.66. The fraction of sp³-hybridized carbons (Fsp3) is 0.389. The number of rotatable bonds is 3. The number of benzene rings is 1. The Morgan fingerprint density at radius 1 is 1.00 bits per heavy atom. The van der Waals surface area contributed by atoms with E-state index in [2.05, 4.69) is 16.0 Å². The standard InChI is InChI=1S/C18H19N3O/c1-22-17-8-6-14(7-9-17)16-11-20-18(21-12-16)15-4-2-13(10-19)3-5-15/h6-9,11-13,15H,2-5H2,1H3/t13-,15-. The molecule has 0 unspecified atom stereocenters. The zero-order chi connectivity index (χ0) is 15.4. The highest BCUT2D eigenvalue weighted by atomic mass is 16.5. The highest BCUT2D eigenvalue weighted by Crippen LogP contribution is 2.34. The van der Waals surface area contributed by atoms with Gasteiger partial charge < -0.3 is 4.74 Å². The Morgan fingerprint density at radius 3 is 2.18 bits per heavy atom. The third-order valence-corrected chi connectivity index (χ3v) is 4.37. The number of hydrogen-bond donors (Lipinski definition) is 0. The maximum Gasteiger partial charge on any atom is 0.131 e. The molecule has 0 saturated heterocycles. The molecule has 0 radical (unpaired) electrons. The van der Waals surface area contributed by atoms with Crippen LogP contribution in [0.1, 0.15) is 37.4 Å². The lowest BCUT2D eigenvalue weighted by molar-refractivity contribution is 0.372. The Hall–Kier alpha value is -2.41. The van der Waals surface area contributed by atoms with Gasteiger partial charge in [-0.2, -0.15) is 5.26 Å². The molecule has 0 aliphatic heterocycles. The lowest BCUT2D eigenvalue weighted by atomic mass is 9.82. The largest absolute Gasteiger partial charge is 0.497 e. The summed E-state index contributed by atoms with van der Waals surface area (Å²) >= 11 is 0. The van der Waals surface area contributed by atoms with Crippen LogP contribution in [0.4, 0.5) is 0 Å². The van der Waals surface area contributed by atoms with Crippen molar-refractivity contribution in [2.75, 3.05) is 7.11 Å². The van der Waals surface area contributed by atoms with Crippen LogP contribution in [0.15, 0.2) is 36.7 Å². The maximum absolute atomic E-state index is 8.96. The van der Waals surface area contributed by atoms with E-state index in [9.17, 15) is 0 Å². The lowest BCUT2D eigenvalue weighted by Crippen LogP contribution is -2.14. The lowest BCUT2D eigenvalue weighted by Gasteiger charge is -2.23. The molecular formula is C18H19N3O. The van der Waals surface area contributed by atoms with E-state index in [0.717, 1.165) is 48.4 Å². The molecule has 1 saturated carbocycles. The second-order valence-electron chi connectivity index (χ2n) is 5.74. The maximum atomic E-state index is 8.96. The van der Waals surface area contributed by atoms with Gasteiger partial charge in [0.2, 0.25) is 0 Å². The van der Waals surface area contributed by atoms with Crippen molar-refractivity contribution < 1.29 is 4.74 Å². The van der Waals surface area contributed by atoms with Gasteiger partial charge in [0.05, 0.1) is 13.2 Å². The zero-order valence-electron chi connectivity index (χ0n) is 12.7. The van der Waals surface area contributed by atoms with Crippen molar-refractivity contribution in [3.8, 4) is 22.9 Å². The molecule has 1 heterocycles. The van der Waals surface area contributed by atoms with Crippen molar-refractivity contribution >= 4 is 0 Å². The van der Waals surface area contributed by atoms with Crippen LogP contribution in [0, 0.1) is 17.2 Å². The minimum atomic E-state index is 0.217. The highest BCUT2D eigenvalue weighted by Gasteiger charge is 2.23. The molecule has 0 atom stereocenters. The Labute approximate surface area is 130 Å². The molecule has 2 aromatic rings. The molecule has 0 amide bonds. The Balaban J connectivity index is 1.71. The smallest absolute Gasteiger partial charge is 0.131 e. The number of hydrogen-bond acceptors (Lipinski definition) is 4. The van der Waals surface area contributed by atoms with E-state index in [4.69, 9.17) is 10.00 Å². The van der Waals surface area contributed by atoms with E-state index in [1.165, 1.54) is 0 Å². The van der Waals surface area contributed by atoms with Gasteiger partial charge in [0, 0.05) is 29.8 Å². The van der Waals surface area contributed by atoms with Crippen LogP contribution in [0.2, 0.25) is 0 Å². The van der Waals surface area contributed by atoms with Gasteiger partial charge in [0.15, 0.2) is 0 Å². The third-order valence-electron chi connectivity index (χ3n) is 4.37. The molecule has 3 rings (SSSR count). The van der Waals surface area contributed by atoms with Crippen LogP contribution in [-0.2, 0) is 0 Å². The first-order chi connectivity index (χ1) is 10.8. The van der Waals surface area contributed by atoms with Crippen LogP contribution in [-0.4, -0.2) is 17.1 Å². The van der Waals surface area contributed by atoms with E-state index >= 15 is 0 Å². The number of aromatic nitrogens is 2. The van der Waals surface area contributed by atoms with Crippen molar-refractivity contribution in [3.05, 3.63) is 42.5 Å². The van der Waals surface area contributed by atoms with Gasteiger partial charge in [0.25, 0.3) is 0 Å². The van der Waals surface area contributed by atoms with Crippen molar-refractivity contribution in [2.45, 2.75) is 31.6 Å². The molecule has 0 bridgehead atoms. The normalized spacial score (nSPS) is 21.1. The summed E-state index contributed by atoms with van der Waals surface area (Å²) in [5.74, 6) is 2.37. The average molecular weight is 293 g/mol. The van der Waals surface area contributed by atoms with Crippen molar-refractivity contribution in [1.82, 2.24) is 9.97 Å². The Kier molecular flexibility index (Phi) is 4.34. The fourth-order valence-corrected chi connectivity index (χ4v) is 2.96. The van der Waals surface area contributed by atoms with Gasteiger partial charge in [-0.1, -0.05) is 12.1 Å². The van der Waals surface area contributed by atoms with E-state index < -0.39 is 0 Å². The molecule has 0 spiro atoms. The summed E-state index contributed by atoms with van der Waals surface area (Å²) in [6.07, 6.45) is 7.73. The van der Waals surface area contributed by atoms with E-state index in [-0.39, 0.29) is 5.92 Å². The second-order valence-corrected chi connectivity index (χ2v) is 5.74. The molecule has 1 fully saturated rings. The van der Waals surface area contributed by atoms with Gasteiger partial charge in [-0.15, -0.1) is 0 Å². The Morgan fingerprint density at radius 2 is 1.64 bits per heavy atom. The summed E-state index contributed by atoms with van der Waals surface area (Å²) < 4.78 is 5.17. The molecule has 112 valence electrons. The molecular weight excluding hydrogens is 274 g/mol. The summed E-state index contributed by atoms with van der Waals surface area (Å²) in [4.78, 5) is 9.09. The summed E-state index contributed by atoms with van der Waals surface area (Å²) in [5.41, 5.74) is 2.10. The van der Waals surface area contributed by atoms with Crippen LogP contribution in [0.5, 0.6) is 5.75 Å². The first kappa shape index (κ1) is 14.5. The SMILES string of the molecule is COc1ccc(-c2cnc([C@H]3CC[C@H](C#N)CC3)nc2)cc1. The van der Waals surface area contributed by atoms with E-state index in [1.54, 1.807) is 7.11 Å². The number of nitriles is 1. The van der Waals surface area contributed by atoms with Gasteiger partial charge in [-0.05, 0) is 43.4 Å². The van der Waals surface area contributed by atoms with E-state index in [0.29, 0.717) is 5.92 Å². The molecule has 1 aliphatic carbocycles. The van der Waals surface area contributed by atoms with Gasteiger partial charge in [-0.25, -0.2) is 9.97 Å². The van der Waals surface area contributed by atoms with Crippen molar-refractivity contribution in [2.24, 2.45) is 5.92 Å². The summed E-state index contributed by atoms with van der Waals surface area (Å²) in [5, 5.41) is 8.96. The minimum Gasteiger partial charge on any atom is -0.497 e. The number of methoxy groups -OCH3 is 1. The first-order valence-corrected chi connectivity index (χ1v) is 7.66. The van der Waals surface area contributed by atoms with Gasteiger partial charge in [-0.3, -0.25) is 0 Å². The van der Waals surface area contributed by atoms with Crippen molar-refractivity contribution in [1.29, 1.82) is 5.26 Å². The summed E-state index contributed by atoms with van der Waals surface area (Å²) in [6, 6.07) is 10.3. The minimum absolute atomic E-state index is 0.217. The molecule has 1 aliphatic rings. The third kappa shape index (κ3) is 3.09. The summed E-state index contributed by atoms with van der Waals surface area (Å²) in [7, 11) is 1.66. The average Bonchev–Trinajstić information content (AvgIpc) is 2.62. The van der Waals surface area contributed by atoms with Crippen LogP contribution in [0.25, 0.3) is 11.1 Å². The van der Waals surface area contributed by atoms with Crippen LogP contribution < -0.4 is 4.74 Å². The second kappa shape index (κ2) is 6.57. The van der Waals surface area contributed by atoms with Gasteiger partial charge in [0.1, 0.15) is 11.6 Å². The molecule has 0 N–H and O–H groups in total. The zero-order valence-corrected chi connectivity index (χ0v) is 12.7. The summed E-state index contributed by atoms with van der Waals surface area (Å²) in [6.45, 7) is 0.